The Bertz CT molecular complexity index is 162. The zero-order chi connectivity index (χ0) is 8.06. The van der Waals surface area contributed by atoms with E-state index in [1.54, 1.807) is 0 Å². The lowest BCUT2D eigenvalue weighted by Gasteiger charge is -2.29. The van der Waals surface area contributed by atoms with E-state index in [2.05, 4.69) is 20.8 Å². The molecule has 1 heterocycles. The van der Waals surface area contributed by atoms with Crippen LogP contribution in [-0.2, 0) is 4.74 Å². The summed E-state index contributed by atoms with van der Waals surface area (Å²) in [5, 5.41) is 0. The molecule has 0 aromatic rings. The van der Waals surface area contributed by atoms with E-state index in [0.717, 1.165) is 18.4 Å². The van der Waals surface area contributed by atoms with Crippen LogP contribution in [0, 0.1) is 17.3 Å². The van der Waals surface area contributed by atoms with Crippen molar-refractivity contribution < 1.29 is 4.74 Å². The molecule has 2 unspecified atom stereocenters. The van der Waals surface area contributed by atoms with Gasteiger partial charge in [-0.25, -0.2) is 0 Å². The highest BCUT2D eigenvalue weighted by molar-refractivity contribution is 4.98. The van der Waals surface area contributed by atoms with E-state index in [-0.39, 0.29) is 0 Å². The van der Waals surface area contributed by atoms with Crippen molar-refractivity contribution in [2.24, 2.45) is 17.3 Å². The van der Waals surface area contributed by atoms with Gasteiger partial charge in [0.15, 0.2) is 0 Å². The topological polar surface area (TPSA) is 9.23 Å². The molecule has 0 radical (unpaired) electrons. The lowest BCUT2D eigenvalue weighted by atomic mass is 9.75. The van der Waals surface area contributed by atoms with Crippen LogP contribution in [0.1, 0.15) is 33.6 Å². The quantitative estimate of drug-likeness (QED) is 0.521. The zero-order valence-corrected chi connectivity index (χ0v) is 7.76. The summed E-state index contributed by atoms with van der Waals surface area (Å²) in [5.74, 6) is 1.69. The Hall–Kier alpha value is -0.0400. The molecule has 3 atom stereocenters. The van der Waals surface area contributed by atoms with Gasteiger partial charge in [-0.1, -0.05) is 20.8 Å². The van der Waals surface area contributed by atoms with Gasteiger partial charge in [0.2, 0.25) is 0 Å². The first kappa shape index (κ1) is 7.60. The molecule has 1 aliphatic carbocycles. The Balaban J connectivity index is 2.20. The van der Waals surface area contributed by atoms with Crippen molar-refractivity contribution in [3.63, 3.8) is 0 Å². The molecule has 0 aromatic heterocycles. The summed E-state index contributed by atoms with van der Waals surface area (Å²) in [4.78, 5) is 0. The first-order valence-electron chi connectivity index (χ1n) is 4.74. The van der Waals surface area contributed by atoms with Crippen molar-refractivity contribution in [1.29, 1.82) is 0 Å². The molecule has 0 N–H and O–H groups in total. The molecule has 0 bridgehead atoms. The van der Waals surface area contributed by atoms with Crippen LogP contribution in [0.5, 0.6) is 0 Å². The smallest absolute Gasteiger partial charge is 0.0612 e. The Morgan fingerprint density at radius 2 is 2.09 bits per heavy atom. The minimum atomic E-state index is 0.529. The number of hydrogen-bond donors (Lipinski definition) is 0. The SMILES string of the molecule is CC1CC2OCC[C@@H]2C1(C)C. The van der Waals surface area contributed by atoms with Crippen LogP contribution < -0.4 is 0 Å². The van der Waals surface area contributed by atoms with Gasteiger partial charge in [-0.3, -0.25) is 0 Å². The third-order valence-corrected chi connectivity index (χ3v) is 4.02. The van der Waals surface area contributed by atoms with Gasteiger partial charge in [0, 0.05) is 6.61 Å². The molecule has 0 aromatic carbocycles. The lowest BCUT2D eigenvalue weighted by Crippen LogP contribution is -2.24. The van der Waals surface area contributed by atoms with Gasteiger partial charge in [-0.15, -0.1) is 0 Å². The monoisotopic (exact) mass is 154 g/mol. The number of fused-ring (bicyclic) bond motifs is 1. The summed E-state index contributed by atoms with van der Waals surface area (Å²) in [6, 6.07) is 0. The third kappa shape index (κ3) is 0.936. The Kier molecular flexibility index (Phi) is 1.54. The van der Waals surface area contributed by atoms with Crippen molar-refractivity contribution in [2.75, 3.05) is 6.61 Å². The zero-order valence-electron chi connectivity index (χ0n) is 7.76. The average molecular weight is 154 g/mol. The molecule has 2 fully saturated rings. The Morgan fingerprint density at radius 1 is 1.36 bits per heavy atom. The van der Waals surface area contributed by atoms with Crippen LogP contribution in [0.2, 0.25) is 0 Å². The van der Waals surface area contributed by atoms with Crippen LogP contribution in [0.3, 0.4) is 0 Å². The summed E-state index contributed by atoms with van der Waals surface area (Å²) in [7, 11) is 0. The van der Waals surface area contributed by atoms with Gasteiger partial charge in [-0.05, 0) is 30.1 Å². The highest BCUT2D eigenvalue weighted by Gasteiger charge is 2.49. The molecule has 2 rings (SSSR count). The van der Waals surface area contributed by atoms with Crippen LogP contribution in [-0.4, -0.2) is 12.7 Å². The molecule has 0 spiro atoms. The van der Waals surface area contributed by atoms with Crippen LogP contribution in [0.15, 0.2) is 0 Å². The minimum absolute atomic E-state index is 0.529. The largest absolute Gasteiger partial charge is 0.378 e. The molecular weight excluding hydrogens is 136 g/mol. The van der Waals surface area contributed by atoms with E-state index < -0.39 is 0 Å². The fourth-order valence-corrected chi connectivity index (χ4v) is 2.75. The molecule has 1 saturated carbocycles. The van der Waals surface area contributed by atoms with Gasteiger partial charge in [-0.2, -0.15) is 0 Å². The summed E-state index contributed by atoms with van der Waals surface area (Å²) >= 11 is 0. The average Bonchev–Trinajstić information content (AvgIpc) is 2.41. The first-order valence-corrected chi connectivity index (χ1v) is 4.74. The van der Waals surface area contributed by atoms with Crippen molar-refractivity contribution >= 4 is 0 Å². The van der Waals surface area contributed by atoms with Gasteiger partial charge >= 0.3 is 0 Å². The predicted octanol–water partition coefficient (Wildman–Crippen LogP) is 2.46. The third-order valence-electron chi connectivity index (χ3n) is 4.02. The van der Waals surface area contributed by atoms with E-state index >= 15 is 0 Å². The predicted molar refractivity (Wildman–Crippen MR) is 45.4 cm³/mol. The van der Waals surface area contributed by atoms with E-state index in [0.29, 0.717) is 11.5 Å². The molecule has 0 amide bonds. The highest BCUT2D eigenvalue weighted by Crippen LogP contribution is 2.52. The number of rotatable bonds is 0. The van der Waals surface area contributed by atoms with E-state index in [1.165, 1.54) is 12.8 Å². The van der Waals surface area contributed by atoms with Crippen molar-refractivity contribution in [1.82, 2.24) is 0 Å². The van der Waals surface area contributed by atoms with Gasteiger partial charge < -0.3 is 4.74 Å². The van der Waals surface area contributed by atoms with Gasteiger partial charge in [0.25, 0.3) is 0 Å². The molecule has 1 heteroatoms. The van der Waals surface area contributed by atoms with Crippen molar-refractivity contribution in [2.45, 2.75) is 39.7 Å². The second-order valence-electron chi connectivity index (χ2n) is 4.76. The van der Waals surface area contributed by atoms with E-state index in [1.807, 2.05) is 0 Å². The van der Waals surface area contributed by atoms with Crippen molar-refractivity contribution in [3.05, 3.63) is 0 Å². The standard InChI is InChI=1S/C10H18O/c1-7-6-9-8(4-5-11-9)10(7,2)3/h7-9H,4-6H2,1-3H3/t7?,8-,9?/m0/s1. The maximum Gasteiger partial charge on any atom is 0.0612 e. The fraction of sp³-hybridized carbons (Fsp3) is 1.00. The molecule has 64 valence electrons. The number of hydrogen-bond acceptors (Lipinski definition) is 1. The maximum atomic E-state index is 5.68. The normalized spacial score (nSPS) is 47.7. The highest BCUT2D eigenvalue weighted by atomic mass is 16.5. The Labute approximate surface area is 69.1 Å². The molecule has 11 heavy (non-hydrogen) atoms. The van der Waals surface area contributed by atoms with E-state index in [4.69, 9.17) is 4.74 Å². The van der Waals surface area contributed by atoms with Crippen LogP contribution in [0.4, 0.5) is 0 Å². The summed E-state index contributed by atoms with van der Waals surface area (Å²) < 4.78 is 5.68. The lowest BCUT2D eigenvalue weighted by molar-refractivity contribution is 0.0943. The van der Waals surface area contributed by atoms with Gasteiger partial charge in [0.1, 0.15) is 0 Å². The Morgan fingerprint density at radius 3 is 2.73 bits per heavy atom. The first-order chi connectivity index (χ1) is 5.12. The second-order valence-corrected chi connectivity index (χ2v) is 4.76. The van der Waals surface area contributed by atoms with Crippen molar-refractivity contribution in [3.8, 4) is 0 Å². The minimum Gasteiger partial charge on any atom is -0.378 e. The molecule has 1 saturated heterocycles. The summed E-state index contributed by atoms with van der Waals surface area (Å²) in [5.41, 5.74) is 0.529. The second kappa shape index (κ2) is 2.22. The molecule has 2 aliphatic rings. The molecule has 1 nitrogen and oxygen atoms in total. The van der Waals surface area contributed by atoms with E-state index in [9.17, 15) is 0 Å². The number of ether oxygens (including phenoxy) is 1. The fourth-order valence-electron chi connectivity index (χ4n) is 2.75. The van der Waals surface area contributed by atoms with Gasteiger partial charge in [0.05, 0.1) is 6.10 Å². The molecule has 1 aliphatic heterocycles. The van der Waals surface area contributed by atoms with Crippen LogP contribution in [0.25, 0.3) is 0 Å². The summed E-state index contributed by atoms with van der Waals surface area (Å²) in [6.45, 7) is 8.17. The van der Waals surface area contributed by atoms with Crippen LogP contribution >= 0.6 is 0 Å². The maximum absolute atomic E-state index is 5.68. The molecular formula is C10H18O. The summed E-state index contributed by atoms with van der Waals surface area (Å²) in [6.07, 6.45) is 3.18.